The Hall–Kier alpha value is -2.30. The smallest absolute Gasteiger partial charge is 0.330 e. The standard InChI is InChI=1S/C12H11N3O2/c1-2-17-11(16)6-4-9-3-5-10-12(15-9)14-8-7-13-10/h3-8H,2H2,1H3/b6-4+. The van der Waals surface area contributed by atoms with Gasteiger partial charge in [0.05, 0.1) is 12.3 Å². The number of fused-ring (bicyclic) bond motifs is 1. The third-order valence-corrected chi connectivity index (χ3v) is 2.03. The summed E-state index contributed by atoms with van der Waals surface area (Å²) < 4.78 is 4.77. The number of carbonyl (C=O) groups is 1. The first kappa shape index (κ1) is 11.2. The number of aromatic nitrogens is 3. The van der Waals surface area contributed by atoms with E-state index in [1.54, 1.807) is 37.5 Å². The van der Waals surface area contributed by atoms with Gasteiger partial charge in [-0.05, 0) is 25.1 Å². The molecule has 17 heavy (non-hydrogen) atoms. The van der Waals surface area contributed by atoms with Crippen LogP contribution in [-0.4, -0.2) is 27.5 Å². The molecule has 2 heterocycles. The molecule has 0 aliphatic rings. The lowest BCUT2D eigenvalue weighted by atomic mass is 10.3. The molecule has 0 unspecified atom stereocenters. The van der Waals surface area contributed by atoms with Crippen molar-refractivity contribution in [1.29, 1.82) is 0 Å². The van der Waals surface area contributed by atoms with Gasteiger partial charge in [-0.2, -0.15) is 0 Å². The minimum atomic E-state index is -0.381. The van der Waals surface area contributed by atoms with Gasteiger partial charge in [0.1, 0.15) is 5.52 Å². The molecular formula is C12H11N3O2. The number of carbonyl (C=O) groups excluding carboxylic acids is 1. The highest BCUT2D eigenvalue weighted by atomic mass is 16.5. The number of hydrogen-bond acceptors (Lipinski definition) is 5. The van der Waals surface area contributed by atoms with E-state index in [1.807, 2.05) is 0 Å². The molecule has 0 aliphatic carbocycles. The molecular weight excluding hydrogens is 218 g/mol. The highest BCUT2D eigenvalue weighted by molar-refractivity contribution is 5.87. The normalized spacial score (nSPS) is 10.9. The lowest BCUT2D eigenvalue weighted by Gasteiger charge is -1.97. The molecule has 5 heteroatoms. The molecule has 5 nitrogen and oxygen atoms in total. The topological polar surface area (TPSA) is 65.0 Å². The summed E-state index contributed by atoms with van der Waals surface area (Å²) in [6, 6.07) is 3.58. The molecule has 2 aromatic heterocycles. The first-order valence-corrected chi connectivity index (χ1v) is 5.22. The molecule has 0 saturated heterocycles. The molecule has 0 radical (unpaired) electrons. The van der Waals surface area contributed by atoms with Gasteiger partial charge >= 0.3 is 5.97 Å². The van der Waals surface area contributed by atoms with E-state index in [1.165, 1.54) is 6.08 Å². The van der Waals surface area contributed by atoms with Crippen LogP contribution in [0.5, 0.6) is 0 Å². The van der Waals surface area contributed by atoms with Crippen molar-refractivity contribution in [3.8, 4) is 0 Å². The number of esters is 1. The molecule has 0 aliphatic heterocycles. The van der Waals surface area contributed by atoms with Crippen molar-refractivity contribution >= 4 is 23.2 Å². The van der Waals surface area contributed by atoms with Gasteiger partial charge in [-0.25, -0.2) is 14.8 Å². The van der Waals surface area contributed by atoms with E-state index >= 15 is 0 Å². The maximum Gasteiger partial charge on any atom is 0.330 e. The second-order valence-electron chi connectivity index (χ2n) is 3.22. The highest BCUT2D eigenvalue weighted by Crippen LogP contribution is 2.07. The molecule has 86 valence electrons. The average molecular weight is 229 g/mol. The van der Waals surface area contributed by atoms with E-state index in [-0.39, 0.29) is 5.97 Å². The quantitative estimate of drug-likeness (QED) is 0.590. The lowest BCUT2D eigenvalue weighted by Crippen LogP contribution is -1.98. The zero-order chi connectivity index (χ0) is 12.1. The second kappa shape index (κ2) is 5.16. The van der Waals surface area contributed by atoms with Crippen LogP contribution in [0.4, 0.5) is 0 Å². The molecule has 0 bridgehead atoms. The zero-order valence-corrected chi connectivity index (χ0v) is 9.33. The van der Waals surface area contributed by atoms with Gasteiger partial charge in [0.25, 0.3) is 0 Å². The van der Waals surface area contributed by atoms with Crippen molar-refractivity contribution in [2.24, 2.45) is 0 Å². The summed E-state index contributed by atoms with van der Waals surface area (Å²) in [5.41, 5.74) is 1.92. The van der Waals surface area contributed by atoms with Crippen LogP contribution >= 0.6 is 0 Å². The predicted octanol–water partition coefficient (Wildman–Crippen LogP) is 1.60. The Morgan fingerprint density at radius 3 is 3.00 bits per heavy atom. The largest absolute Gasteiger partial charge is 0.463 e. The number of rotatable bonds is 3. The summed E-state index contributed by atoms with van der Waals surface area (Å²) in [7, 11) is 0. The van der Waals surface area contributed by atoms with Gasteiger partial charge in [-0.3, -0.25) is 4.98 Å². The molecule has 0 amide bonds. The predicted molar refractivity (Wildman–Crippen MR) is 63.0 cm³/mol. The van der Waals surface area contributed by atoms with Crippen LogP contribution in [0, 0.1) is 0 Å². The molecule has 2 aromatic rings. The van der Waals surface area contributed by atoms with Gasteiger partial charge in [0.15, 0.2) is 5.65 Å². The minimum Gasteiger partial charge on any atom is -0.463 e. The van der Waals surface area contributed by atoms with E-state index in [2.05, 4.69) is 15.0 Å². The van der Waals surface area contributed by atoms with Crippen molar-refractivity contribution < 1.29 is 9.53 Å². The van der Waals surface area contributed by atoms with Crippen LogP contribution in [0.15, 0.2) is 30.6 Å². The molecule has 0 N–H and O–H groups in total. The van der Waals surface area contributed by atoms with Gasteiger partial charge in [-0.15, -0.1) is 0 Å². The minimum absolute atomic E-state index is 0.361. The fourth-order valence-electron chi connectivity index (χ4n) is 1.31. The molecule has 0 atom stereocenters. The Morgan fingerprint density at radius 2 is 2.18 bits per heavy atom. The van der Waals surface area contributed by atoms with Gasteiger partial charge < -0.3 is 4.74 Å². The first-order chi connectivity index (χ1) is 8.29. The van der Waals surface area contributed by atoms with Crippen molar-refractivity contribution in [2.45, 2.75) is 6.92 Å². The van der Waals surface area contributed by atoms with Crippen LogP contribution in [0.2, 0.25) is 0 Å². The Morgan fingerprint density at radius 1 is 1.35 bits per heavy atom. The van der Waals surface area contributed by atoms with Crippen LogP contribution in [0.3, 0.4) is 0 Å². The SMILES string of the molecule is CCOC(=O)/C=C/c1ccc2nccnc2n1. The number of nitrogens with zero attached hydrogens (tertiary/aromatic N) is 3. The third kappa shape index (κ3) is 2.84. The van der Waals surface area contributed by atoms with E-state index in [0.717, 1.165) is 5.52 Å². The molecule has 0 fully saturated rings. The van der Waals surface area contributed by atoms with Crippen LogP contribution in [-0.2, 0) is 9.53 Å². The van der Waals surface area contributed by atoms with Crippen molar-refractivity contribution in [2.75, 3.05) is 6.61 Å². The third-order valence-electron chi connectivity index (χ3n) is 2.03. The molecule has 0 aromatic carbocycles. The van der Waals surface area contributed by atoms with Gasteiger partial charge in [0, 0.05) is 18.5 Å². The monoisotopic (exact) mass is 229 g/mol. The summed E-state index contributed by atoms with van der Waals surface area (Å²) >= 11 is 0. The molecule has 2 rings (SSSR count). The second-order valence-corrected chi connectivity index (χ2v) is 3.22. The molecule has 0 spiro atoms. The zero-order valence-electron chi connectivity index (χ0n) is 9.33. The summed E-state index contributed by atoms with van der Waals surface area (Å²) in [5, 5.41) is 0. The maximum atomic E-state index is 11.1. The van der Waals surface area contributed by atoms with Crippen LogP contribution in [0.1, 0.15) is 12.6 Å². The van der Waals surface area contributed by atoms with Crippen molar-refractivity contribution in [3.05, 3.63) is 36.3 Å². The Kier molecular flexibility index (Phi) is 3.40. The van der Waals surface area contributed by atoms with E-state index in [9.17, 15) is 4.79 Å². The summed E-state index contributed by atoms with van der Waals surface area (Å²) in [5.74, 6) is -0.381. The summed E-state index contributed by atoms with van der Waals surface area (Å²) in [6.07, 6.45) is 6.12. The van der Waals surface area contributed by atoms with Crippen molar-refractivity contribution in [3.63, 3.8) is 0 Å². The number of ether oxygens (including phenoxy) is 1. The maximum absolute atomic E-state index is 11.1. The number of pyridine rings is 1. The van der Waals surface area contributed by atoms with E-state index < -0.39 is 0 Å². The fraction of sp³-hybridized carbons (Fsp3) is 0.167. The average Bonchev–Trinajstić information content (AvgIpc) is 2.36. The Balaban J connectivity index is 2.22. The Labute approximate surface area is 98.2 Å². The fourth-order valence-corrected chi connectivity index (χ4v) is 1.31. The lowest BCUT2D eigenvalue weighted by molar-refractivity contribution is -0.137. The van der Waals surface area contributed by atoms with Gasteiger partial charge in [-0.1, -0.05) is 0 Å². The first-order valence-electron chi connectivity index (χ1n) is 5.22. The summed E-state index contributed by atoms with van der Waals surface area (Å²) in [6.45, 7) is 2.12. The summed E-state index contributed by atoms with van der Waals surface area (Å²) in [4.78, 5) is 23.5. The number of hydrogen-bond donors (Lipinski definition) is 0. The Bertz CT molecular complexity index is 566. The molecule has 0 saturated carbocycles. The van der Waals surface area contributed by atoms with E-state index in [0.29, 0.717) is 17.9 Å². The van der Waals surface area contributed by atoms with Crippen LogP contribution in [0.25, 0.3) is 17.2 Å². The van der Waals surface area contributed by atoms with Crippen LogP contribution < -0.4 is 0 Å². The van der Waals surface area contributed by atoms with Crippen molar-refractivity contribution in [1.82, 2.24) is 15.0 Å². The highest BCUT2D eigenvalue weighted by Gasteiger charge is 1.98. The van der Waals surface area contributed by atoms with E-state index in [4.69, 9.17) is 4.74 Å². The van der Waals surface area contributed by atoms with Gasteiger partial charge in [0.2, 0.25) is 0 Å².